The van der Waals surface area contributed by atoms with Crippen molar-refractivity contribution in [2.24, 2.45) is 17.8 Å². The van der Waals surface area contributed by atoms with Crippen molar-refractivity contribution in [1.82, 2.24) is 0 Å². The van der Waals surface area contributed by atoms with Gasteiger partial charge in [0.05, 0.1) is 26.4 Å². The number of hydrogen-bond donors (Lipinski definition) is 3. The van der Waals surface area contributed by atoms with E-state index in [1.165, 1.54) is 199 Å². The molecule has 0 aliphatic heterocycles. The first kappa shape index (κ1) is 93.1. The minimum absolute atomic E-state index is 0.105. The first-order chi connectivity index (χ1) is 45.7. The lowest BCUT2D eigenvalue weighted by atomic mass is 10.0. The highest BCUT2D eigenvalue weighted by atomic mass is 31.2. The van der Waals surface area contributed by atoms with Gasteiger partial charge in [-0.3, -0.25) is 37.3 Å². The summed E-state index contributed by atoms with van der Waals surface area (Å²) in [5.41, 5.74) is 0. The second-order valence-corrected chi connectivity index (χ2v) is 31.7. The Kier molecular flexibility index (Phi) is 65.2. The minimum atomic E-state index is -4.96. The van der Waals surface area contributed by atoms with Crippen LogP contribution in [0.3, 0.4) is 0 Å². The van der Waals surface area contributed by atoms with Crippen molar-refractivity contribution in [3.05, 3.63) is 0 Å². The Balaban J connectivity index is 5.23. The molecule has 0 aromatic rings. The number of phosphoric ester groups is 2. The molecule has 2 unspecified atom stereocenters. The molecule has 0 aliphatic carbocycles. The number of aliphatic hydroxyl groups excluding tert-OH is 1. The van der Waals surface area contributed by atoms with Gasteiger partial charge in [-0.05, 0) is 43.4 Å². The Morgan fingerprint density at radius 3 is 0.716 bits per heavy atom. The molecule has 5 atom stereocenters. The molecule has 3 N–H and O–H groups in total. The summed E-state index contributed by atoms with van der Waals surface area (Å²) in [5.74, 6) is 0.194. The molecule has 0 aromatic carbocycles. The number of aliphatic hydroxyl groups is 1. The Morgan fingerprint density at radius 2 is 0.484 bits per heavy atom. The standard InChI is InChI=1S/C76H148O17P2/c1-8-9-10-11-12-13-28-36-43-50-57-73(78)86-64-72(93-76(81)60-53-46-39-32-31-35-42-49-56-69(6)7)66-91-95(84,85)89-62-70(77)61-88-94(82,83)90-65-71(92-75(80)59-52-45-38-30-25-21-17-15-19-23-27-34-41-48-55-68(4)5)63-87-74(79)58-51-44-37-29-24-20-16-14-18-22-26-33-40-47-54-67(2)3/h67-72,77H,8-66H2,1-7H3,(H,82,83)(H,84,85)/t70-,71-,72-/m1/s1. The van der Waals surface area contributed by atoms with Gasteiger partial charge in [-0.15, -0.1) is 0 Å². The molecule has 19 heteroatoms. The molecule has 564 valence electrons. The van der Waals surface area contributed by atoms with Crippen LogP contribution in [0.1, 0.15) is 389 Å². The summed E-state index contributed by atoms with van der Waals surface area (Å²) in [6.45, 7) is 11.9. The molecule has 0 saturated heterocycles. The summed E-state index contributed by atoms with van der Waals surface area (Å²) in [6.07, 6.45) is 52.7. The normalized spacial score (nSPS) is 14.1. The van der Waals surface area contributed by atoms with Crippen LogP contribution < -0.4 is 0 Å². The van der Waals surface area contributed by atoms with Crippen molar-refractivity contribution in [1.29, 1.82) is 0 Å². The van der Waals surface area contributed by atoms with E-state index in [1.54, 1.807) is 0 Å². The predicted molar refractivity (Wildman–Crippen MR) is 386 cm³/mol. The highest BCUT2D eigenvalue weighted by molar-refractivity contribution is 7.47. The van der Waals surface area contributed by atoms with Crippen LogP contribution in [0.5, 0.6) is 0 Å². The fraction of sp³-hybridized carbons (Fsp3) is 0.947. The smallest absolute Gasteiger partial charge is 0.462 e. The highest BCUT2D eigenvalue weighted by Gasteiger charge is 2.30. The third-order valence-corrected chi connectivity index (χ3v) is 19.5. The maximum Gasteiger partial charge on any atom is 0.472 e. The average molecular weight is 1400 g/mol. The van der Waals surface area contributed by atoms with Crippen LogP contribution in [-0.4, -0.2) is 96.7 Å². The average Bonchev–Trinajstić information content (AvgIpc) is 1.49. The number of ether oxygens (including phenoxy) is 4. The van der Waals surface area contributed by atoms with Gasteiger partial charge < -0.3 is 33.8 Å². The number of esters is 4. The second-order valence-electron chi connectivity index (χ2n) is 28.8. The molecule has 0 radical (unpaired) electrons. The summed E-state index contributed by atoms with van der Waals surface area (Å²) < 4.78 is 68.5. The predicted octanol–water partition coefficient (Wildman–Crippen LogP) is 22.2. The van der Waals surface area contributed by atoms with E-state index in [0.717, 1.165) is 108 Å². The zero-order chi connectivity index (χ0) is 70.1. The Hall–Kier alpha value is -1.94. The number of phosphoric acid groups is 2. The van der Waals surface area contributed by atoms with E-state index in [-0.39, 0.29) is 25.7 Å². The van der Waals surface area contributed by atoms with Gasteiger partial charge in [0, 0.05) is 25.7 Å². The lowest BCUT2D eigenvalue weighted by Crippen LogP contribution is -2.30. The minimum Gasteiger partial charge on any atom is -0.462 e. The van der Waals surface area contributed by atoms with E-state index in [1.807, 2.05) is 0 Å². The number of carbonyl (C=O) groups is 4. The van der Waals surface area contributed by atoms with Crippen LogP contribution in [-0.2, 0) is 65.4 Å². The fourth-order valence-electron chi connectivity index (χ4n) is 11.6. The zero-order valence-electron chi connectivity index (χ0n) is 62.1. The molecule has 0 saturated carbocycles. The molecule has 0 fully saturated rings. The quantitative estimate of drug-likeness (QED) is 0.0222. The van der Waals surface area contributed by atoms with E-state index in [2.05, 4.69) is 48.5 Å². The fourth-order valence-corrected chi connectivity index (χ4v) is 13.2. The third kappa shape index (κ3) is 70.3. The topological polar surface area (TPSA) is 237 Å². The summed E-state index contributed by atoms with van der Waals surface area (Å²) in [6, 6.07) is 0. The number of unbranched alkanes of at least 4 members (excludes halogenated alkanes) is 42. The van der Waals surface area contributed by atoms with Gasteiger partial charge in [0.1, 0.15) is 19.3 Å². The van der Waals surface area contributed by atoms with Crippen LogP contribution in [0.4, 0.5) is 0 Å². The third-order valence-electron chi connectivity index (χ3n) is 17.6. The molecule has 0 rings (SSSR count). The lowest BCUT2D eigenvalue weighted by molar-refractivity contribution is -0.161. The number of rotatable bonds is 74. The van der Waals surface area contributed by atoms with Gasteiger partial charge in [0.25, 0.3) is 0 Å². The van der Waals surface area contributed by atoms with Gasteiger partial charge in [-0.2, -0.15) is 0 Å². The molecule has 0 aromatic heterocycles. The second kappa shape index (κ2) is 66.6. The maximum absolute atomic E-state index is 13.1. The van der Waals surface area contributed by atoms with Crippen molar-refractivity contribution in [2.75, 3.05) is 39.6 Å². The molecule has 0 bridgehead atoms. The highest BCUT2D eigenvalue weighted by Crippen LogP contribution is 2.45. The SMILES string of the molecule is CCCCCCCCCCCCC(=O)OC[C@H](COP(=O)(O)OC[C@H](O)COP(=O)(O)OC[C@@H](COC(=O)CCCCCCCCCCCCCCCCC(C)C)OC(=O)CCCCCCCCCCCCCCCCC(C)C)OC(=O)CCCCCCCCCCC(C)C. The molecule has 95 heavy (non-hydrogen) atoms. The molecule has 0 heterocycles. The Bertz CT molecular complexity index is 1850. The maximum atomic E-state index is 13.1. The van der Waals surface area contributed by atoms with Gasteiger partial charge in [0.15, 0.2) is 12.2 Å². The summed E-state index contributed by atoms with van der Waals surface area (Å²) in [5, 5.41) is 10.6. The van der Waals surface area contributed by atoms with Gasteiger partial charge in [0.2, 0.25) is 0 Å². The van der Waals surface area contributed by atoms with E-state index in [0.29, 0.717) is 25.7 Å². The van der Waals surface area contributed by atoms with Crippen LogP contribution in [0.15, 0.2) is 0 Å². The van der Waals surface area contributed by atoms with Crippen molar-refractivity contribution >= 4 is 39.5 Å². The number of carbonyl (C=O) groups excluding carboxylic acids is 4. The molecule has 0 amide bonds. The zero-order valence-corrected chi connectivity index (χ0v) is 63.9. The van der Waals surface area contributed by atoms with Crippen molar-refractivity contribution in [2.45, 2.75) is 407 Å². The van der Waals surface area contributed by atoms with Crippen LogP contribution in [0.2, 0.25) is 0 Å². The molecule has 17 nitrogen and oxygen atoms in total. The van der Waals surface area contributed by atoms with E-state index >= 15 is 0 Å². The van der Waals surface area contributed by atoms with Gasteiger partial charge in [-0.1, -0.05) is 337 Å². The lowest BCUT2D eigenvalue weighted by Gasteiger charge is -2.21. The summed E-state index contributed by atoms with van der Waals surface area (Å²) in [4.78, 5) is 72.8. The molecular weight excluding hydrogens is 1250 g/mol. The van der Waals surface area contributed by atoms with E-state index < -0.39 is 97.5 Å². The van der Waals surface area contributed by atoms with Crippen LogP contribution in [0.25, 0.3) is 0 Å². The summed E-state index contributed by atoms with van der Waals surface area (Å²) >= 11 is 0. The van der Waals surface area contributed by atoms with Crippen molar-refractivity contribution in [3.63, 3.8) is 0 Å². The largest absolute Gasteiger partial charge is 0.472 e. The van der Waals surface area contributed by atoms with Crippen LogP contribution >= 0.6 is 15.6 Å². The molecule has 0 spiro atoms. The summed E-state index contributed by atoms with van der Waals surface area (Å²) in [7, 11) is -9.91. The van der Waals surface area contributed by atoms with Gasteiger partial charge in [-0.25, -0.2) is 9.13 Å². The van der Waals surface area contributed by atoms with E-state index in [4.69, 9.17) is 37.0 Å². The van der Waals surface area contributed by atoms with Gasteiger partial charge >= 0.3 is 39.5 Å². The molecular formula is C76H148O17P2. The van der Waals surface area contributed by atoms with Crippen molar-refractivity contribution < 1.29 is 80.2 Å². The Morgan fingerprint density at radius 1 is 0.284 bits per heavy atom. The van der Waals surface area contributed by atoms with E-state index in [9.17, 15) is 43.2 Å². The van der Waals surface area contributed by atoms with Crippen molar-refractivity contribution in [3.8, 4) is 0 Å². The number of hydrogen-bond acceptors (Lipinski definition) is 15. The molecule has 0 aliphatic rings. The Labute approximate surface area is 581 Å². The first-order valence-corrected chi connectivity index (χ1v) is 42.3. The first-order valence-electron chi connectivity index (χ1n) is 39.3. The monoisotopic (exact) mass is 1400 g/mol. The van der Waals surface area contributed by atoms with Crippen LogP contribution in [0, 0.1) is 17.8 Å².